The minimum atomic E-state index is 0.389. The van der Waals surface area contributed by atoms with Crippen LogP contribution in [0.3, 0.4) is 0 Å². The molecule has 2 fully saturated rings. The Balaban J connectivity index is 1.57. The zero-order valence-corrected chi connectivity index (χ0v) is 12.5. The molecule has 2 aliphatic rings. The highest BCUT2D eigenvalue weighted by molar-refractivity contribution is 5.77. The van der Waals surface area contributed by atoms with Gasteiger partial charge in [0.25, 0.3) is 0 Å². The number of amides is 1. The first-order valence-corrected chi connectivity index (χ1v) is 8.11. The lowest BCUT2D eigenvalue weighted by molar-refractivity contribution is -0.134. The van der Waals surface area contributed by atoms with Crippen molar-refractivity contribution in [3.63, 3.8) is 0 Å². The highest BCUT2D eigenvalue weighted by Gasteiger charge is 2.37. The van der Waals surface area contributed by atoms with Crippen LogP contribution in [0.25, 0.3) is 0 Å². The van der Waals surface area contributed by atoms with Crippen LogP contribution in [0, 0.1) is 6.92 Å². The second-order valence-corrected chi connectivity index (χ2v) is 6.46. The number of hydrogen-bond donors (Lipinski definition) is 0. The van der Waals surface area contributed by atoms with Crippen molar-refractivity contribution in [3.05, 3.63) is 35.4 Å². The molecule has 1 aromatic rings. The average molecular weight is 271 g/mol. The van der Waals surface area contributed by atoms with E-state index in [0.29, 0.717) is 24.4 Å². The number of nitrogens with zero attached hydrogens (tertiary/aromatic N) is 1. The minimum absolute atomic E-state index is 0.389. The van der Waals surface area contributed by atoms with Crippen molar-refractivity contribution in [2.24, 2.45) is 0 Å². The lowest BCUT2D eigenvalue weighted by Crippen LogP contribution is -2.40. The molecule has 0 aromatic heterocycles. The zero-order valence-electron chi connectivity index (χ0n) is 12.5. The van der Waals surface area contributed by atoms with E-state index in [1.807, 2.05) is 0 Å². The van der Waals surface area contributed by atoms with Gasteiger partial charge in [-0.15, -0.1) is 0 Å². The van der Waals surface area contributed by atoms with Gasteiger partial charge in [-0.3, -0.25) is 4.79 Å². The molecule has 20 heavy (non-hydrogen) atoms. The van der Waals surface area contributed by atoms with E-state index in [2.05, 4.69) is 36.1 Å². The number of aryl methyl sites for hydroxylation is 2. The van der Waals surface area contributed by atoms with Gasteiger partial charge in [0, 0.05) is 18.5 Å². The van der Waals surface area contributed by atoms with E-state index in [-0.39, 0.29) is 0 Å². The van der Waals surface area contributed by atoms with E-state index in [0.717, 1.165) is 6.42 Å². The molecular weight excluding hydrogens is 246 g/mol. The van der Waals surface area contributed by atoms with Crippen molar-refractivity contribution in [1.82, 2.24) is 4.90 Å². The number of benzene rings is 1. The molecule has 0 saturated heterocycles. The van der Waals surface area contributed by atoms with Gasteiger partial charge in [0.2, 0.25) is 5.91 Å². The topological polar surface area (TPSA) is 20.3 Å². The molecule has 2 heteroatoms. The Labute approximate surface area is 122 Å². The average Bonchev–Trinajstić information content (AvgIpc) is 3.13. The van der Waals surface area contributed by atoms with Crippen molar-refractivity contribution >= 4 is 5.91 Å². The molecule has 3 rings (SSSR count). The summed E-state index contributed by atoms with van der Waals surface area (Å²) < 4.78 is 0. The SMILES string of the molecule is Cc1ccc(CCC(=O)N(C2CCCC2)C2CC2)cc1. The van der Waals surface area contributed by atoms with Gasteiger partial charge < -0.3 is 4.90 Å². The molecular formula is C18H25NO. The normalized spacial score (nSPS) is 19.2. The third-order valence-electron chi connectivity index (χ3n) is 4.69. The third-order valence-corrected chi connectivity index (χ3v) is 4.69. The van der Waals surface area contributed by atoms with E-state index < -0.39 is 0 Å². The van der Waals surface area contributed by atoms with Crippen molar-refractivity contribution in [1.29, 1.82) is 0 Å². The predicted octanol–water partition coefficient (Wildman–Crippen LogP) is 3.86. The van der Waals surface area contributed by atoms with Gasteiger partial charge in [0.1, 0.15) is 0 Å². The van der Waals surface area contributed by atoms with Crippen LogP contribution in [0.2, 0.25) is 0 Å². The summed E-state index contributed by atoms with van der Waals surface area (Å²) in [5.74, 6) is 0.389. The lowest BCUT2D eigenvalue weighted by atomic mass is 10.1. The number of rotatable bonds is 5. The molecule has 0 bridgehead atoms. The Morgan fingerprint density at radius 3 is 2.25 bits per heavy atom. The fraction of sp³-hybridized carbons (Fsp3) is 0.611. The fourth-order valence-electron chi connectivity index (χ4n) is 3.38. The van der Waals surface area contributed by atoms with Gasteiger partial charge >= 0.3 is 0 Å². The highest BCUT2D eigenvalue weighted by atomic mass is 16.2. The van der Waals surface area contributed by atoms with Gasteiger partial charge in [0.05, 0.1) is 0 Å². The maximum Gasteiger partial charge on any atom is 0.223 e. The molecule has 1 amide bonds. The molecule has 1 aromatic carbocycles. The Morgan fingerprint density at radius 1 is 1.05 bits per heavy atom. The van der Waals surface area contributed by atoms with Crippen LogP contribution in [-0.2, 0) is 11.2 Å². The van der Waals surface area contributed by atoms with Crippen LogP contribution in [0.4, 0.5) is 0 Å². The Hall–Kier alpha value is -1.31. The summed E-state index contributed by atoms with van der Waals surface area (Å²) in [6.45, 7) is 2.10. The first-order chi connectivity index (χ1) is 9.74. The molecule has 0 spiro atoms. The van der Waals surface area contributed by atoms with E-state index in [1.165, 1.54) is 49.7 Å². The third kappa shape index (κ3) is 3.23. The Morgan fingerprint density at radius 2 is 1.65 bits per heavy atom. The van der Waals surface area contributed by atoms with Gasteiger partial charge in [-0.1, -0.05) is 42.7 Å². The summed E-state index contributed by atoms with van der Waals surface area (Å²) in [5, 5.41) is 0. The van der Waals surface area contributed by atoms with Crippen molar-refractivity contribution in [3.8, 4) is 0 Å². The maximum absolute atomic E-state index is 12.6. The standard InChI is InChI=1S/C18H25NO/c1-14-6-8-15(9-7-14)10-13-18(20)19(17-11-12-17)16-4-2-3-5-16/h6-9,16-17H,2-5,10-13H2,1H3. The van der Waals surface area contributed by atoms with Gasteiger partial charge in [0.15, 0.2) is 0 Å². The predicted molar refractivity (Wildman–Crippen MR) is 81.6 cm³/mol. The van der Waals surface area contributed by atoms with Crippen LogP contribution in [0.5, 0.6) is 0 Å². The summed E-state index contributed by atoms with van der Waals surface area (Å²) >= 11 is 0. The number of carbonyl (C=O) groups excluding carboxylic acids is 1. The zero-order chi connectivity index (χ0) is 13.9. The Kier molecular flexibility index (Phi) is 4.09. The van der Waals surface area contributed by atoms with E-state index >= 15 is 0 Å². The quantitative estimate of drug-likeness (QED) is 0.796. The molecule has 0 radical (unpaired) electrons. The highest BCUT2D eigenvalue weighted by Crippen LogP contribution is 2.35. The summed E-state index contributed by atoms with van der Waals surface area (Å²) in [7, 11) is 0. The van der Waals surface area contributed by atoms with Crippen molar-refractivity contribution < 1.29 is 4.79 Å². The smallest absolute Gasteiger partial charge is 0.223 e. The van der Waals surface area contributed by atoms with Crippen LogP contribution in [0.15, 0.2) is 24.3 Å². The molecule has 2 nitrogen and oxygen atoms in total. The molecule has 108 valence electrons. The van der Waals surface area contributed by atoms with Gasteiger partial charge in [-0.2, -0.15) is 0 Å². The molecule has 0 atom stereocenters. The van der Waals surface area contributed by atoms with Crippen LogP contribution < -0.4 is 0 Å². The molecule has 2 aliphatic carbocycles. The van der Waals surface area contributed by atoms with E-state index in [1.54, 1.807) is 0 Å². The second-order valence-electron chi connectivity index (χ2n) is 6.46. The fourth-order valence-corrected chi connectivity index (χ4v) is 3.38. The summed E-state index contributed by atoms with van der Waals surface area (Å²) in [5.41, 5.74) is 2.57. The summed E-state index contributed by atoms with van der Waals surface area (Å²) in [6.07, 6.45) is 9.09. The molecule has 0 N–H and O–H groups in total. The lowest BCUT2D eigenvalue weighted by Gasteiger charge is -2.29. The number of carbonyl (C=O) groups is 1. The van der Waals surface area contributed by atoms with Crippen molar-refractivity contribution in [2.45, 2.75) is 70.4 Å². The molecule has 2 saturated carbocycles. The molecule has 0 aliphatic heterocycles. The summed E-state index contributed by atoms with van der Waals surface area (Å²) in [4.78, 5) is 14.8. The van der Waals surface area contributed by atoms with Crippen LogP contribution in [-0.4, -0.2) is 22.9 Å². The van der Waals surface area contributed by atoms with Crippen LogP contribution >= 0.6 is 0 Å². The largest absolute Gasteiger partial charge is 0.337 e. The van der Waals surface area contributed by atoms with Gasteiger partial charge in [-0.25, -0.2) is 0 Å². The summed E-state index contributed by atoms with van der Waals surface area (Å²) in [6, 6.07) is 9.70. The van der Waals surface area contributed by atoms with Gasteiger partial charge in [-0.05, 0) is 44.6 Å². The van der Waals surface area contributed by atoms with E-state index in [9.17, 15) is 4.79 Å². The minimum Gasteiger partial charge on any atom is -0.337 e. The maximum atomic E-state index is 12.6. The number of hydrogen-bond acceptors (Lipinski definition) is 1. The second kappa shape index (κ2) is 5.99. The molecule has 0 unspecified atom stereocenters. The monoisotopic (exact) mass is 271 g/mol. The van der Waals surface area contributed by atoms with Crippen LogP contribution in [0.1, 0.15) is 56.1 Å². The van der Waals surface area contributed by atoms with E-state index in [4.69, 9.17) is 0 Å². The molecule has 0 heterocycles. The Bertz CT molecular complexity index is 455. The first kappa shape index (κ1) is 13.7. The van der Waals surface area contributed by atoms with Crippen molar-refractivity contribution in [2.75, 3.05) is 0 Å². The first-order valence-electron chi connectivity index (χ1n) is 8.11.